The third-order valence-electron chi connectivity index (χ3n) is 1.73. The van der Waals surface area contributed by atoms with Gasteiger partial charge in [0.15, 0.2) is 0 Å². The van der Waals surface area contributed by atoms with Gasteiger partial charge in [0.2, 0.25) is 0 Å². The average molecular weight is 160 g/mol. The molecule has 0 amide bonds. The number of aliphatic hydroxyl groups excluding tert-OH is 1. The van der Waals surface area contributed by atoms with Gasteiger partial charge in [-0.05, 0) is 19.3 Å². The van der Waals surface area contributed by atoms with Crippen molar-refractivity contribution >= 4 is 0 Å². The summed E-state index contributed by atoms with van der Waals surface area (Å²) < 4.78 is 9.75. The Morgan fingerprint density at radius 1 is 1.00 bits per heavy atom. The molecule has 0 aliphatic carbocycles. The van der Waals surface area contributed by atoms with Crippen LogP contribution in [-0.4, -0.2) is 37.6 Å². The van der Waals surface area contributed by atoms with Crippen molar-refractivity contribution in [3.05, 3.63) is 0 Å². The Labute approximate surface area is 67.3 Å². The van der Waals surface area contributed by atoms with Gasteiger partial charge in [-0.1, -0.05) is 0 Å². The highest BCUT2D eigenvalue weighted by Gasteiger charge is 2.09. The topological polar surface area (TPSA) is 38.7 Å². The first-order valence-electron chi connectivity index (χ1n) is 4.23. The van der Waals surface area contributed by atoms with E-state index in [1.165, 1.54) is 12.8 Å². The van der Waals surface area contributed by atoms with E-state index in [4.69, 9.17) is 14.6 Å². The molecule has 2 aliphatic heterocycles. The number of ether oxygens (including phenoxy) is 2. The molecule has 0 aromatic heterocycles. The molecule has 0 bridgehead atoms. The summed E-state index contributed by atoms with van der Waals surface area (Å²) in [4.78, 5) is 0. The zero-order valence-corrected chi connectivity index (χ0v) is 6.79. The molecule has 0 spiro atoms. The second kappa shape index (κ2) is 5.52. The molecule has 1 N–H and O–H groups in total. The quantitative estimate of drug-likeness (QED) is 0.563. The Morgan fingerprint density at radius 3 is 1.91 bits per heavy atom. The molecule has 2 saturated heterocycles. The first-order valence-corrected chi connectivity index (χ1v) is 4.23. The van der Waals surface area contributed by atoms with Crippen LogP contribution in [0.25, 0.3) is 0 Å². The molecule has 1 atom stereocenters. The minimum absolute atomic E-state index is 0.176. The van der Waals surface area contributed by atoms with Gasteiger partial charge in [0.1, 0.15) is 0 Å². The van der Waals surface area contributed by atoms with E-state index in [1.54, 1.807) is 0 Å². The minimum atomic E-state index is -0.176. The minimum Gasteiger partial charge on any atom is -0.391 e. The van der Waals surface area contributed by atoms with Crippen LogP contribution < -0.4 is 0 Å². The fraction of sp³-hybridized carbons (Fsp3) is 1.00. The lowest BCUT2D eigenvalue weighted by Gasteiger charge is -1.89. The van der Waals surface area contributed by atoms with Gasteiger partial charge in [0.05, 0.1) is 12.7 Å². The van der Waals surface area contributed by atoms with Gasteiger partial charge < -0.3 is 14.6 Å². The summed E-state index contributed by atoms with van der Waals surface area (Å²) in [6.07, 6.45) is 3.20. The summed E-state index contributed by atoms with van der Waals surface area (Å²) >= 11 is 0. The average Bonchev–Trinajstić information content (AvgIpc) is 2.57. The highest BCUT2D eigenvalue weighted by molar-refractivity contribution is 4.58. The maximum absolute atomic E-state index is 8.60. The second-order valence-corrected chi connectivity index (χ2v) is 2.84. The van der Waals surface area contributed by atoms with E-state index in [0.717, 1.165) is 26.2 Å². The molecule has 0 radical (unpaired) electrons. The SMILES string of the molecule is C1CCOC1.OC1CCOC1. The molecule has 1 unspecified atom stereocenters. The van der Waals surface area contributed by atoms with Crippen LogP contribution >= 0.6 is 0 Å². The Balaban J connectivity index is 0.000000112. The van der Waals surface area contributed by atoms with Crippen LogP contribution in [0.15, 0.2) is 0 Å². The summed E-state index contributed by atoms with van der Waals surface area (Å²) in [6.45, 7) is 3.28. The maximum atomic E-state index is 8.60. The molecule has 0 saturated carbocycles. The van der Waals surface area contributed by atoms with Crippen LogP contribution in [0.3, 0.4) is 0 Å². The molecule has 2 aliphatic rings. The lowest BCUT2D eigenvalue weighted by atomic mass is 10.3. The van der Waals surface area contributed by atoms with Crippen molar-refractivity contribution < 1.29 is 14.6 Å². The highest BCUT2D eigenvalue weighted by Crippen LogP contribution is 2.00. The third kappa shape index (κ3) is 4.35. The van der Waals surface area contributed by atoms with Gasteiger partial charge >= 0.3 is 0 Å². The maximum Gasteiger partial charge on any atom is 0.0795 e. The predicted octanol–water partition coefficient (Wildman–Crippen LogP) is 0.564. The predicted molar refractivity (Wildman–Crippen MR) is 41.5 cm³/mol. The van der Waals surface area contributed by atoms with E-state index in [0.29, 0.717) is 6.61 Å². The number of hydrogen-bond acceptors (Lipinski definition) is 3. The summed E-state index contributed by atoms with van der Waals surface area (Å²) in [5.74, 6) is 0. The highest BCUT2D eigenvalue weighted by atomic mass is 16.5. The van der Waals surface area contributed by atoms with E-state index in [-0.39, 0.29) is 6.10 Å². The fourth-order valence-corrected chi connectivity index (χ4v) is 1.03. The molecule has 0 aromatic rings. The van der Waals surface area contributed by atoms with Crippen molar-refractivity contribution in [3.8, 4) is 0 Å². The molecule has 11 heavy (non-hydrogen) atoms. The molecular formula is C8H16O3. The molecule has 2 fully saturated rings. The molecule has 3 nitrogen and oxygen atoms in total. The lowest BCUT2D eigenvalue weighted by Crippen LogP contribution is -2.02. The van der Waals surface area contributed by atoms with E-state index < -0.39 is 0 Å². The number of hydrogen-bond donors (Lipinski definition) is 1. The smallest absolute Gasteiger partial charge is 0.0795 e. The zero-order valence-electron chi connectivity index (χ0n) is 6.79. The van der Waals surface area contributed by atoms with E-state index in [9.17, 15) is 0 Å². The summed E-state index contributed by atoms with van der Waals surface area (Å²) in [7, 11) is 0. The second-order valence-electron chi connectivity index (χ2n) is 2.84. The number of aliphatic hydroxyl groups is 1. The first kappa shape index (κ1) is 8.97. The number of rotatable bonds is 0. The molecule has 66 valence electrons. The Bertz CT molecular complexity index is 77.7. The molecule has 2 rings (SSSR count). The van der Waals surface area contributed by atoms with E-state index in [2.05, 4.69) is 0 Å². The standard InChI is InChI=1S/C4H8O2.C4H8O/c5-4-1-2-6-3-4;1-2-4-5-3-1/h4-5H,1-3H2;1-4H2. The van der Waals surface area contributed by atoms with Crippen molar-refractivity contribution in [3.63, 3.8) is 0 Å². The Morgan fingerprint density at radius 2 is 1.73 bits per heavy atom. The molecule has 2 heterocycles. The van der Waals surface area contributed by atoms with Crippen molar-refractivity contribution in [1.29, 1.82) is 0 Å². The van der Waals surface area contributed by atoms with Crippen LogP contribution in [0.2, 0.25) is 0 Å². The van der Waals surface area contributed by atoms with Crippen LogP contribution in [0, 0.1) is 0 Å². The Hall–Kier alpha value is -0.120. The van der Waals surface area contributed by atoms with E-state index >= 15 is 0 Å². The van der Waals surface area contributed by atoms with Gasteiger partial charge in [0.25, 0.3) is 0 Å². The van der Waals surface area contributed by atoms with Crippen molar-refractivity contribution in [2.45, 2.75) is 25.4 Å². The van der Waals surface area contributed by atoms with Crippen molar-refractivity contribution in [1.82, 2.24) is 0 Å². The largest absolute Gasteiger partial charge is 0.391 e. The summed E-state index contributed by atoms with van der Waals surface area (Å²) in [6, 6.07) is 0. The van der Waals surface area contributed by atoms with Crippen LogP contribution in [-0.2, 0) is 9.47 Å². The monoisotopic (exact) mass is 160 g/mol. The summed E-state index contributed by atoms with van der Waals surface area (Å²) in [5, 5.41) is 8.60. The fourth-order valence-electron chi connectivity index (χ4n) is 1.03. The first-order chi connectivity index (χ1) is 5.39. The van der Waals surface area contributed by atoms with Gasteiger partial charge in [-0.25, -0.2) is 0 Å². The zero-order chi connectivity index (χ0) is 7.94. The van der Waals surface area contributed by atoms with Gasteiger partial charge in [0, 0.05) is 19.8 Å². The van der Waals surface area contributed by atoms with Gasteiger partial charge in [-0.15, -0.1) is 0 Å². The molecule has 0 aromatic carbocycles. The van der Waals surface area contributed by atoms with Crippen LogP contribution in [0.4, 0.5) is 0 Å². The molecule has 3 heteroatoms. The van der Waals surface area contributed by atoms with Crippen molar-refractivity contribution in [2.75, 3.05) is 26.4 Å². The van der Waals surface area contributed by atoms with Crippen LogP contribution in [0.5, 0.6) is 0 Å². The molecular weight excluding hydrogens is 144 g/mol. The van der Waals surface area contributed by atoms with Gasteiger partial charge in [-0.3, -0.25) is 0 Å². The van der Waals surface area contributed by atoms with Crippen molar-refractivity contribution in [2.24, 2.45) is 0 Å². The van der Waals surface area contributed by atoms with E-state index in [1.807, 2.05) is 0 Å². The van der Waals surface area contributed by atoms with Crippen LogP contribution in [0.1, 0.15) is 19.3 Å². The van der Waals surface area contributed by atoms with Gasteiger partial charge in [-0.2, -0.15) is 0 Å². The Kier molecular flexibility index (Phi) is 4.50. The lowest BCUT2D eigenvalue weighted by molar-refractivity contribution is 0.127. The normalized spacial score (nSPS) is 29.7. The summed E-state index contributed by atoms with van der Waals surface area (Å²) in [5.41, 5.74) is 0. The third-order valence-corrected chi connectivity index (χ3v) is 1.73.